The molecular weight excluding hydrogens is 246 g/mol. The monoisotopic (exact) mass is 250 g/mol. The van der Waals surface area contributed by atoms with Crippen molar-refractivity contribution in [3.8, 4) is 0 Å². The Morgan fingerprint density at radius 3 is 2.83 bits per heavy atom. The van der Waals surface area contributed by atoms with E-state index < -0.39 is 5.82 Å². The van der Waals surface area contributed by atoms with Crippen molar-refractivity contribution in [2.24, 2.45) is 10.9 Å². The molecule has 0 saturated carbocycles. The molecule has 0 spiro atoms. The van der Waals surface area contributed by atoms with Gasteiger partial charge in [0, 0.05) is 10.0 Å². The fraction of sp³-hybridized carbons (Fsp3) is 0. The molecule has 0 unspecified atom stereocenters. The molecule has 0 aliphatic rings. The highest BCUT2D eigenvalue weighted by atomic mass is 79.9. The minimum Gasteiger partial charge on any atom is -0.323 e. The Bertz CT molecular complexity index is 327. The summed E-state index contributed by atoms with van der Waals surface area (Å²) in [4.78, 5) is 0. The van der Waals surface area contributed by atoms with Gasteiger partial charge in [0.05, 0.1) is 11.2 Å². The van der Waals surface area contributed by atoms with Crippen LogP contribution in [0, 0.1) is 5.82 Å². The molecule has 0 fully saturated rings. The Labute approximate surface area is 82.3 Å². The first-order valence-electron chi connectivity index (χ1n) is 3.03. The molecule has 0 bridgehead atoms. The van der Waals surface area contributed by atoms with Crippen molar-refractivity contribution in [1.29, 1.82) is 0 Å². The van der Waals surface area contributed by atoms with Gasteiger partial charge >= 0.3 is 0 Å². The third kappa shape index (κ3) is 1.76. The largest absolute Gasteiger partial charge is 0.323 e. The number of hydrogen-bond donors (Lipinski definition) is 1. The van der Waals surface area contributed by atoms with Gasteiger partial charge in [-0.05, 0) is 28.1 Å². The smallest absolute Gasteiger partial charge is 0.151 e. The van der Waals surface area contributed by atoms with Crippen LogP contribution in [0.25, 0.3) is 0 Å². The van der Waals surface area contributed by atoms with Crippen molar-refractivity contribution >= 4 is 33.7 Å². The quantitative estimate of drug-likeness (QED) is 0.354. The Kier molecular flexibility index (Phi) is 3.05. The zero-order valence-corrected chi connectivity index (χ0v) is 8.23. The highest BCUT2D eigenvalue weighted by Crippen LogP contribution is 2.26. The van der Waals surface area contributed by atoms with Gasteiger partial charge in [0.15, 0.2) is 5.82 Å². The van der Waals surface area contributed by atoms with Crippen LogP contribution in [0.5, 0.6) is 0 Å². The van der Waals surface area contributed by atoms with Crippen molar-refractivity contribution in [3.63, 3.8) is 0 Å². The lowest BCUT2D eigenvalue weighted by atomic mass is 10.2. The predicted octanol–water partition coefficient (Wildman–Crippen LogP) is 2.53. The van der Waals surface area contributed by atoms with Gasteiger partial charge in [-0.3, -0.25) is 0 Å². The van der Waals surface area contributed by atoms with Crippen molar-refractivity contribution in [3.05, 3.63) is 33.0 Å². The van der Waals surface area contributed by atoms with Gasteiger partial charge in [-0.15, -0.1) is 0 Å². The summed E-state index contributed by atoms with van der Waals surface area (Å²) in [6.45, 7) is 0. The van der Waals surface area contributed by atoms with Crippen LogP contribution in [0.4, 0.5) is 4.39 Å². The Morgan fingerprint density at radius 2 is 2.25 bits per heavy atom. The number of rotatable bonds is 1. The molecule has 1 aromatic rings. The standard InChI is InChI=1S/C7H5BrClFN2/c8-5-2-1-4(3-12-11)7(10)6(5)9/h1-3H,11H2. The van der Waals surface area contributed by atoms with E-state index >= 15 is 0 Å². The van der Waals surface area contributed by atoms with Crippen molar-refractivity contribution in [2.75, 3.05) is 0 Å². The van der Waals surface area contributed by atoms with Gasteiger partial charge in [-0.2, -0.15) is 5.10 Å². The van der Waals surface area contributed by atoms with Gasteiger partial charge < -0.3 is 5.84 Å². The summed E-state index contributed by atoms with van der Waals surface area (Å²) in [5, 5.41) is 3.23. The maximum absolute atomic E-state index is 13.1. The summed E-state index contributed by atoms with van der Waals surface area (Å²) >= 11 is 8.68. The number of nitrogens with two attached hydrogens (primary N) is 1. The van der Waals surface area contributed by atoms with E-state index in [0.29, 0.717) is 4.47 Å². The van der Waals surface area contributed by atoms with Crippen LogP contribution in [-0.4, -0.2) is 6.21 Å². The number of benzene rings is 1. The van der Waals surface area contributed by atoms with Crippen LogP contribution < -0.4 is 5.84 Å². The van der Waals surface area contributed by atoms with E-state index in [0.717, 1.165) is 0 Å². The molecule has 0 aliphatic heterocycles. The van der Waals surface area contributed by atoms with Crippen molar-refractivity contribution < 1.29 is 4.39 Å². The number of hydrazone groups is 1. The summed E-state index contributed by atoms with van der Waals surface area (Å²) in [7, 11) is 0. The molecule has 0 atom stereocenters. The Hall–Kier alpha value is -0.610. The average molecular weight is 251 g/mol. The van der Waals surface area contributed by atoms with E-state index in [4.69, 9.17) is 17.4 Å². The molecule has 0 heterocycles. The fourth-order valence-electron chi connectivity index (χ4n) is 0.721. The van der Waals surface area contributed by atoms with Gasteiger partial charge in [0.1, 0.15) is 0 Å². The van der Waals surface area contributed by atoms with E-state index in [2.05, 4.69) is 21.0 Å². The maximum Gasteiger partial charge on any atom is 0.151 e. The summed E-state index contributed by atoms with van der Waals surface area (Å²) in [5.74, 6) is 4.34. The van der Waals surface area contributed by atoms with E-state index in [-0.39, 0.29) is 10.6 Å². The summed E-state index contributed by atoms with van der Waals surface area (Å²) in [6.07, 6.45) is 1.20. The normalized spacial score (nSPS) is 10.9. The zero-order valence-electron chi connectivity index (χ0n) is 5.89. The van der Waals surface area contributed by atoms with E-state index in [9.17, 15) is 4.39 Å². The second-order valence-electron chi connectivity index (χ2n) is 2.04. The van der Waals surface area contributed by atoms with Gasteiger partial charge in [-0.1, -0.05) is 11.6 Å². The lowest BCUT2D eigenvalue weighted by molar-refractivity contribution is 0.625. The summed E-state index contributed by atoms with van der Waals surface area (Å²) in [6, 6.07) is 3.16. The van der Waals surface area contributed by atoms with Crippen LogP contribution >= 0.6 is 27.5 Å². The molecule has 2 N–H and O–H groups in total. The molecular formula is C7H5BrClFN2. The van der Waals surface area contributed by atoms with Crippen LogP contribution in [0.3, 0.4) is 0 Å². The first-order chi connectivity index (χ1) is 5.66. The lowest BCUT2D eigenvalue weighted by Gasteiger charge is -1.99. The molecule has 1 rings (SSSR count). The predicted molar refractivity (Wildman–Crippen MR) is 50.9 cm³/mol. The maximum atomic E-state index is 13.1. The molecule has 0 saturated heterocycles. The lowest BCUT2D eigenvalue weighted by Crippen LogP contribution is -1.92. The first kappa shape index (κ1) is 9.48. The Balaban J connectivity index is 3.26. The third-order valence-electron chi connectivity index (χ3n) is 1.28. The van der Waals surface area contributed by atoms with Gasteiger partial charge in [-0.25, -0.2) is 4.39 Å². The molecule has 1 aromatic carbocycles. The number of halogens is 3. The first-order valence-corrected chi connectivity index (χ1v) is 4.20. The van der Waals surface area contributed by atoms with E-state index in [1.807, 2.05) is 0 Å². The van der Waals surface area contributed by atoms with Crippen LogP contribution in [0.1, 0.15) is 5.56 Å². The number of hydrogen-bond acceptors (Lipinski definition) is 2. The summed E-state index contributed by atoms with van der Waals surface area (Å²) in [5.41, 5.74) is 0.269. The molecule has 0 amide bonds. The van der Waals surface area contributed by atoms with Crippen LogP contribution in [-0.2, 0) is 0 Å². The number of nitrogens with zero attached hydrogens (tertiary/aromatic N) is 1. The zero-order chi connectivity index (χ0) is 9.14. The average Bonchev–Trinajstić information content (AvgIpc) is 2.07. The summed E-state index contributed by atoms with van der Waals surface area (Å²) < 4.78 is 13.7. The molecule has 0 aromatic heterocycles. The third-order valence-corrected chi connectivity index (χ3v) is 2.54. The van der Waals surface area contributed by atoms with Crippen molar-refractivity contribution in [2.45, 2.75) is 0 Å². The minimum absolute atomic E-state index is 0.0346. The van der Waals surface area contributed by atoms with Gasteiger partial charge in [0.25, 0.3) is 0 Å². The molecule has 64 valence electrons. The minimum atomic E-state index is -0.528. The van der Waals surface area contributed by atoms with E-state index in [1.165, 1.54) is 12.3 Å². The molecule has 12 heavy (non-hydrogen) atoms. The molecule has 0 aliphatic carbocycles. The van der Waals surface area contributed by atoms with Gasteiger partial charge in [0.2, 0.25) is 0 Å². The fourth-order valence-corrected chi connectivity index (χ4v) is 1.20. The van der Waals surface area contributed by atoms with Crippen LogP contribution in [0.2, 0.25) is 5.02 Å². The molecule has 0 radical (unpaired) electrons. The van der Waals surface area contributed by atoms with E-state index in [1.54, 1.807) is 6.07 Å². The highest BCUT2D eigenvalue weighted by Gasteiger charge is 2.07. The molecule has 5 heteroatoms. The topological polar surface area (TPSA) is 38.4 Å². The second kappa shape index (κ2) is 3.87. The Morgan fingerprint density at radius 1 is 1.58 bits per heavy atom. The highest BCUT2D eigenvalue weighted by molar-refractivity contribution is 9.10. The van der Waals surface area contributed by atoms with Crippen molar-refractivity contribution in [1.82, 2.24) is 0 Å². The second-order valence-corrected chi connectivity index (χ2v) is 3.28. The van der Waals surface area contributed by atoms with Crippen LogP contribution in [0.15, 0.2) is 21.7 Å². The SMILES string of the molecule is NN=Cc1ccc(Br)c(Cl)c1F. The molecule has 2 nitrogen and oxygen atoms in total.